The number of nitrogens with zero attached hydrogens (tertiary/aromatic N) is 1. The molecule has 0 saturated carbocycles. The van der Waals surface area contributed by atoms with Crippen molar-refractivity contribution in [3.05, 3.63) is 0 Å². The fourth-order valence-electron chi connectivity index (χ4n) is 6.44. The van der Waals surface area contributed by atoms with E-state index in [4.69, 9.17) is 9.57 Å². The van der Waals surface area contributed by atoms with Crippen molar-refractivity contribution in [2.24, 2.45) is 0 Å². The smallest absolute Gasteiger partial charge is 0.0818 e. The molecule has 1 aliphatic heterocycles. The first-order valence-corrected chi connectivity index (χ1v) is 16.7. The van der Waals surface area contributed by atoms with Gasteiger partial charge in [-0.25, -0.2) is 0 Å². The van der Waals surface area contributed by atoms with Crippen molar-refractivity contribution >= 4 is 0 Å². The van der Waals surface area contributed by atoms with E-state index in [1.807, 2.05) is 13.8 Å². The van der Waals surface area contributed by atoms with Crippen LogP contribution in [0.1, 0.15) is 184 Å². The van der Waals surface area contributed by atoms with Gasteiger partial charge >= 0.3 is 0 Å². The van der Waals surface area contributed by atoms with E-state index >= 15 is 0 Å². The molecule has 0 aromatic heterocycles. The molecule has 0 aromatic rings. The monoisotopic (exact) mass is 540 g/mol. The van der Waals surface area contributed by atoms with Gasteiger partial charge in [-0.05, 0) is 67.2 Å². The zero-order chi connectivity index (χ0) is 28.5. The SMILES string of the molecule is CCCCCCCCCCCCCCCCCCOC1CC(C)(C)N(OC(CC)CC(C)(C)O)C(C)(C)C1. The Morgan fingerprint density at radius 2 is 1.11 bits per heavy atom. The molecule has 1 saturated heterocycles. The van der Waals surface area contributed by atoms with E-state index in [1.165, 1.54) is 103 Å². The van der Waals surface area contributed by atoms with E-state index < -0.39 is 5.60 Å². The summed E-state index contributed by atoms with van der Waals surface area (Å²) in [6, 6.07) is 0. The summed E-state index contributed by atoms with van der Waals surface area (Å²) in [4.78, 5) is 6.55. The van der Waals surface area contributed by atoms with Gasteiger partial charge in [0.05, 0.1) is 17.8 Å². The number of aliphatic hydroxyl groups is 1. The number of rotatable bonds is 23. The van der Waals surface area contributed by atoms with Crippen LogP contribution in [0.15, 0.2) is 0 Å². The molecule has 1 rings (SSSR count). The quantitative estimate of drug-likeness (QED) is 0.131. The Morgan fingerprint density at radius 1 is 0.711 bits per heavy atom. The summed E-state index contributed by atoms with van der Waals surface area (Å²) in [5.74, 6) is 0. The molecule has 228 valence electrons. The molecule has 0 radical (unpaired) electrons. The molecule has 1 heterocycles. The Morgan fingerprint density at radius 3 is 1.47 bits per heavy atom. The van der Waals surface area contributed by atoms with Crippen molar-refractivity contribution in [1.29, 1.82) is 0 Å². The van der Waals surface area contributed by atoms with Gasteiger partial charge in [0.25, 0.3) is 0 Å². The van der Waals surface area contributed by atoms with Crippen LogP contribution >= 0.6 is 0 Å². The molecular weight excluding hydrogens is 470 g/mol. The van der Waals surface area contributed by atoms with Gasteiger partial charge in [-0.2, -0.15) is 5.06 Å². The maximum atomic E-state index is 10.3. The maximum absolute atomic E-state index is 10.3. The lowest BCUT2D eigenvalue weighted by atomic mass is 9.80. The molecule has 1 atom stereocenters. The summed E-state index contributed by atoms with van der Waals surface area (Å²) >= 11 is 0. The number of hydrogen-bond acceptors (Lipinski definition) is 4. The fraction of sp³-hybridized carbons (Fsp3) is 1.00. The van der Waals surface area contributed by atoms with Crippen molar-refractivity contribution in [2.75, 3.05) is 6.61 Å². The van der Waals surface area contributed by atoms with Crippen LogP contribution in [-0.2, 0) is 9.57 Å². The van der Waals surface area contributed by atoms with Crippen LogP contribution < -0.4 is 0 Å². The van der Waals surface area contributed by atoms with Gasteiger partial charge in [-0.3, -0.25) is 4.84 Å². The molecule has 0 spiro atoms. The molecule has 4 heteroatoms. The van der Waals surface area contributed by atoms with Gasteiger partial charge in [-0.1, -0.05) is 110 Å². The summed E-state index contributed by atoms with van der Waals surface area (Å²) in [6.45, 7) is 18.2. The predicted molar refractivity (Wildman–Crippen MR) is 165 cm³/mol. The largest absolute Gasteiger partial charge is 0.390 e. The van der Waals surface area contributed by atoms with Gasteiger partial charge in [0.2, 0.25) is 0 Å². The minimum atomic E-state index is -0.719. The van der Waals surface area contributed by atoms with E-state index in [1.54, 1.807) is 0 Å². The second kappa shape index (κ2) is 19.1. The van der Waals surface area contributed by atoms with E-state index in [0.29, 0.717) is 6.42 Å². The Hall–Kier alpha value is -0.160. The molecule has 0 aromatic carbocycles. The summed E-state index contributed by atoms with van der Waals surface area (Å²) in [7, 11) is 0. The van der Waals surface area contributed by atoms with Gasteiger partial charge in [0, 0.05) is 24.1 Å². The van der Waals surface area contributed by atoms with Crippen molar-refractivity contribution in [1.82, 2.24) is 5.06 Å². The first-order valence-electron chi connectivity index (χ1n) is 16.7. The summed E-state index contributed by atoms with van der Waals surface area (Å²) in [5, 5.41) is 12.5. The lowest BCUT2D eigenvalue weighted by Crippen LogP contribution is -2.62. The zero-order valence-electron chi connectivity index (χ0n) is 27.2. The number of hydrogen-bond donors (Lipinski definition) is 1. The van der Waals surface area contributed by atoms with Crippen molar-refractivity contribution in [2.45, 2.75) is 213 Å². The first kappa shape index (κ1) is 35.9. The van der Waals surface area contributed by atoms with Crippen LogP contribution in [0.3, 0.4) is 0 Å². The molecular formula is C34H69NO3. The van der Waals surface area contributed by atoms with Crippen molar-refractivity contribution in [3.63, 3.8) is 0 Å². The second-order valence-electron chi connectivity index (χ2n) is 14.3. The van der Waals surface area contributed by atoms with Crippen LogP contribution in [0, 0.1) is 0 Å². The van der Waals surface area contributed by atoms with E-state index in [2.05, 4.69) is 46.6 Å². The van der Waals surface area contributed by atoms with Crippen LogP contribution in [0.2, 0.25) is 0 Å². The number of piperidine rings is 1. The Kier molecular flexibility index (Phi) is 18.0. The summed E-state index contributed by atoms with van der Waals surface area (Å²) in [6.07, 6.45) is 26.2. The molecule has 1 N–H and O–H groups in total. The summed E-state index contributed by atoms with van der Waals surface area (Å²) < 4.78 is 6.41. The van der Waals surface area contributed by atoms with E-state index in [-0.39, 0.29) is 23.3 Å². The van der Waals surface area contributed by atoms with E-state index in [9.17, 15) is 5.11 Å². The van der Waals surface area contributed by atoms with Gasteiger partial charge in [-0.15, -0.1) is 0 Å². The highest BCUT2D eigenvalue weighted by atomic mass is 16.7. The molecule has 1 fully saturated rings. The molecule has 4 nitrogen and oxygen atoms in total. The van der Waals surface area contributed by atoms with Gasteiger partial charge in [0.15, 0.2) is 0 Å². The highest BCUT2D eigenvalue weighted by Crippen LogP contribution is 2.41. The third-order valence-corrected chi connectivity index (χ3v) is 8.34. The second-order valence-corrected chi connectivity index (χ2v) is 14.3. The lowest BCUT2D eigenvalue weighted by Gasteiger charge is -2.54. The van der Waals surface area contributed by atoms with Crippen LogP contribution in [0.4, 0.5) is 0 Å². The minimum Gasteiger partial charge on any atom is -0.390 e. The minimum absolute atomic E-state index is 0.0242. The summed E-state index contributed by atoms with van der Waals surface area (Å²) in [5.41, 5.74) is -0.925. The van der Waals surface area contributed by atoms with Crippen LogP contribution in [-0.4, -0.2) is 45.7 Å². The van der Waals surface area contributed by atoms with E-state index in [0.717, 1.165) is 25.9 Å². The fourth-order valence-corrected chi connectivity index (χ4v) is 6.44. The molecule has 1 unspecified atom stereocenters. The van der Waals surface area contributed by atoms with Crippen LogP contribution in [0.25, 0.3) is 0 Å². The van der Waals surface area contributed by atoms with Gasteiger partial charge < -0.3 is 9.84 Å². The highest BCUT2D eigenvalue weighted by molar-refractivity contribution is 4.97. The normalized spacial score (nSPS) is 19.2. The average Bonchev–Trinajstić information content (AvgIpc) is 2.81. The average molecular weight is 540 g/mol. The maximum Gasteiger partial charge on any atom is 0.0818 e. The Labute approximate surface area is 239 Å². The third kappa shape index (κ3) is 16.2. The third-order valence-electron chi connectivity index (χ3n) is 8.34. The topological polar surface area (TPSA) is 41.9 Å². The molecule has 0 bridgehead atoms. The number of ether oxygens (including phenoxy) is 1. The number of hydroxylamine groups is 2. The van der Waals surface area contributed by atoms with Gasteiger partial charge in [0.1, 0.15) is 0 Å². The zero-order valence-corrected chi connectivity index (χ0v) is 27.2. The first-order chi connectivity index (χ1) is 17.9. The standard InChI is InChI=1S/C34H69NO3/c1-9-11-12-13-14-15-16-17-18-19-20-21-22-23-24-25-26-37-31-27-32(3,4)35(33(5,6)28-31)38-30(10-2)29-34(7,8)36/h30-31,36H,9-29H2,1-8H3. The van der Waals surface area contributed by atoms with Crippen LogP contribution in [0.5, 0.6) is 0 Å². The molecule has 1 aliphatic rings. The Bertz CT molecular complexity index is 551. The molecule has 38 heavy (non-hydrogen) atoms. The highest BCUT2D eigenvalue weighted by Gasteiger charge is 2.47. The Balaban J connectivity index is 2.13. The molecule has 0 aliphatic carbocycles. The number of unbranched alkanes of at least 4 members (excludes halogenated alkanes) is 15. The predicted octanol–water partition coefficient (Wildman–Crippen LogP) is 10.2. The lowest BCUT2D eigenvalue weighted by molar-refractivity contribution is -0.320. The molecule has 0 amide bonds. The van der Waals surface area contributed by atoms with Crippen molar-refractivity contribution < 1.29 is 14.7 Å². The van der Waals surface area contributed by atoms with Crippen molar-refractivity contribution in [3.8, 4) is 0 Å².